The van der Waals surface area contributed by atoms with Gasteiger partial charge in [0.25, 0.3) is 0 Å². The summed E-state index contributed by atoms with van der Waals surface area (Å²) < 4.78 is 13.0. The molecule has 1 fully saturated rings. The molecule has 0 spiro atoms. The lowest BCUT2D eigenvalue weighted by atomic mass is 10.2. The van der Waals surface area contributed by atoms with Crippen LogP contribution in [0.25, 0.3) is 0 Å². The van der Waals surface area contributed by atoms with Gasteiger partial charge < -0.3 is 10.6 Å². The van der Waals surface area contributed by atoms with Crippen LogP contribution in [0, 0.1) is 5.82 Å². The van der Waals surface area contributed by atoms with Crippen LogP contribution < -0.4 is 10.6 Å². The van der Waals surface area contributed by atoms with Gasteiger partial charge in [0.15, 0.2) is 0 Å². The molecule has 0 saturated carbocycles. The summed E-state index contributed by atoms with van der Waals surface area (Å²) in [5, 5.41) is 6.02. The molecule has 1 saturated heterocycles. The molecule has 0 aliphatic carbocycles. The Balaban J connectivity index is 1.89. The molecule has 1 aromatic carbocycles. The maximum absolute atomic E-state index is 13.0. The zero-order chi connectivity index (χ0) is 13.7. The van der Waals surface area contributed by atoms with Crippen LogP contribution in [0.5, 0.6) is 0 Å². The fraction of sp³-hybridized carbons (Fsp3) is 0.500. The number of carbonyl (C=O) groups excluding carboxylic acids is 1. The third-order valence-electron chi connectivity index (χ3n) is 3.41. The first-order valence-corrected chi connectivity index (χ1v) is 6.69. The number of likely N-dealkylation sites (N-methyl/N-ethyl adjacent to an activating group) is 1. The molecule has 1 aliphatic rings. The molecule has 0 aromatic heterocycles. The molecular formula is C14H20FN3O. The molecule has 1 aliphatic heterocycles. The Morgan fingerprint density at radius 3 is 3.05 bits per heavy atom. The molecule has 5 heteroatoms. The van der Waals surface area contributed by atoms with E-state index in [4.69, 9.17) is 0 Å². The molecule has 0 bridgehead atoms. The smallest absolute Gasteiger partial charge is 0.238 e. The Hall–Kier alpha value is -1.46. The molecule has 1 unspecified atom stereocenters. The van der Waals surface area contributed by atoms with Gasteiger partial charge in [-0.15, -0.1) is 0 Å². The fourth-order valence-electron chi connectivity index (χ4n) is 2.40. The van der Waals surface area contributed by atoms with Crippen LogP contribution in [0.15, 0.2) is 24.3 Å². The number of anilines is 1. The molecular weight excluding hydrogens is 245 g/mol. The topological polar surface area (TPSA) is 44.4 Å². The van der Waals surface area contributed by atoms with Crippen molar-refractivity contribution in [2.75, 3.05) is 31.5 Å². The Morgan fingerprint density at radius 1 is 1.58 bits per heavy atom. The number of hydrogen-bond acceptors (Lipinski definition) is 3. The van der Waals surface area contributed by atoms with Crippen LogP contribution in [0.2, 0.25) is 0 Å². The van der Waals surface area contributed by atoms with Crippen LogP contribution >= 0.6 is 0 Å². The summed E-state index contributed by atoms with van der Waals surface area (Å²) in [6.07, 6.45) is 1.07. The zero-order valence-corrected chi connectivity index (χ0v) is 11.2. The Morgan fingerprint density at radius 2 is 2.42 bits per heavy atom. The Labute approximate surface area is 113 Å². The summed E-state index contributed by atoms with van der Waals surface area (Å²) >= 11 is 0. The maximum Gasteiger partial charge on any atom is 0.238 e. The minimum Gasteiger partial charge on any atom is -0.325 e. The van der Waals surface area contributed by atoms with Crippen molar-refractivity contribution in [2.24, 2.45) is 0 Å². The molecule has 104 valence electrons. The van der Waals surface area contributed by atoms with E-state index in [2.05, 4.69) is 15.5 Å². The van der Waals surface area contributed by atoms with E-state index in [-0.39, 0.29) is 11.7 Å². The van der Waals surface area contributed by atoms with Crippen molar-refractivity contribution < 1.29 is 9.18 Å². The second-order valence-corrected chi connectivity index (χ2v) is 4.77. The number of benzene rings is 1. The van der Waals surface area contributed by atoms with E-state index in [0.29, 0.717) is 18.3 Å². The number of nitrogens with one attached hydrogen (secondary N) is 2. The lowest BCUT2D eigenvalue weighted by molar-refractivity contribution is -0.117. The van der Waals surface area contributed by atoms with Gasteiger partial charge in [0.05, 0.1) is 6.54 Å². The monoisotopic (exact) mass is 265 g/mol. The Bertz CT molecular complexity index is 432. The van der Waals surface area contributed by atoms with Gasteiger partial charge >= 0.3 is 0 Å². The number of amides is 1. The number of hydrogen-bond donors (Lipinski definition) is 2. The fourth-order valence-corrected chi connectivity index (χ4v) is 2.40. The van der Waals surface area contributed by atoms with Gasteiger partial charge in [-0.3, -0.25) is 9.69 Å². The van der Waals surface area contributed by atoms with Crippen LogP contribution in [0.4, 0.5) is 10.1 Å². The summed E-state index contributed by atoms with van der Waals surface area (Å²) in [6, 6.07) is 6.38. The van der Waals surface area contributed by atoms with Crippen LogP contribution in [-0.4, -0.2) is 43.0 Å². The second kappa shape index (κ2) is 6.63. The lowest BCUT2D eigenvalue weighted by Crippen LogP contribution is -2.41. The predicted octanol–water partition coefficient (Wildman–Crippen LogP) is 1.45. The van der Waals surface area contributed by atoms with E-state index in [1.807, 2.05) is 6.92 Å². The third-order valence-corrected chi connectivity index (χ3v) is 3.41. The molecule has 0 radical (unpaired) electrons. The number of rotatable bonds is 5. The molecule has 4 nitrogen and oxygen atoms in total. The third kappa shape index (κ3) is 4.01. The van der Waals surface area contributed by atoms with E-state index in [1.54, 1.807) is 12.1 Å². The zero-order valence-electron chi connectivity index (χ0n) is 11.2. The molecule has 1 aromatic rings. The van der Waals surface area contributed by atoms with Crippen molar-refractivity contribution >= 4 is 11.6 Å². The first-order chi connectivity index (χ1) is 9.19. The van der Waals surface area contributed by atoms with Crippen LogP contribution in [0.1, 0.15) is 13.3 Å². The quantitative estimate of drug-likeness (QED) is 0.847. The van der Waals surface area contributed by atoms with Crippen LogP contribution in [-0.2, 0) is 4.79 Å². The normalized spacial score (nSPS) is 18.8. The highest BCUT2D eigenvalue weighted by molar-refractivity contribution is 5.92. The maximum atomic E-state index is 13.0. The highest BCUT2D eigenvalue weighted by Crippen LogP contribution is 2.11. The standard InChI is InChI=1S/C14H20FN3O/c1-2-18(13-6-7-16-9-13)10-14(19)17-12-5-3-4-11(15)8-12/h3-5,8,13,16H,2,6-7,9-10H2,1H3,(H,17,19). The van der Waals surface area contributed by atoms with Crippen molar-refractivity contribution in [3.05, 3.63) is 30.1 Å². The molecule has 1 amide bonds. The molecule has 2 rings (SSSR count). The first-order valence-electron chi connectivity index (χ1n) is 6.69. The summed E-state index contributed by atoms with van der Waals surface area (Å²) in [5.74, 6) is -0.440. The van der Waals surface area contributed by atoms with E-state index in [0.717, 1.165) is 26.1 Å². The second-order valence-electron chi connectivity index (χ2n) is 4.77. The first kappa shape index (κ1) is 14.0. The highest BCUT2D eigenvalue weighted by Gasteiger charge is 2.22. The van der Waals surface area contributed by atoms with Crippen molar-refractivity contribution in [3.8, 4) is 0 Å². The highest BCUT2D eigenvalue weighted by atomic mass is 19.1. The van der Waals surface area contributed by atoms with Gasteiger partial charge in [-0.25, -0.2) is 4.39 Å². The number of nitrogens with zero attached hydrogens (tertiary/aromatic N) is 1. The van der Waals surface area contributed by atoms with Gasteiger partial charge in [-0.1, -0.05) is 13.0 Å². The summed E-state index contributed by atoms with van der Waals surface area (Å²) in [7, 11) is 0. The summed E-state index contributed by atoms with van der Waals surface area (Å²) in [6.45, 7) is 5.17. The Kier molecular flexibility index (Phi) is 4.87. The number of carbonyl (C=O) groups is 1. The number of halogens is 1. The molecule has 1 heterocycles. The minimum atomic E-state index is -0.342. The van der Waals surface area contributed by atoms with Gasteiger partial charge in [-0.2, -0.15) is 0 Å². The largest absolute Gasteiger partial charge is 0.325 e. The molecule has 1 atom stereocenters. The lowest BCUT2D eigenvalue weighted by Gasteiger charge is -2.26. The van der Waals surface area contributed by atoms with Gasteiger partial charge in [0, 0.05) is 18.3 Å². The van der Waals surface area contributed by atoms with E-state index >= 15 is 0 Å². The SMILES string of the molecule is CCN(CC(=O)Nc1cccc(F)c1)C1CCNC1. The van der Waals surface area contributed by atoms with Crippen LogP contribution in [0.3, 0.4) is 0 Å². The average Bonchev–Trinajstić information content (AvgIpc) is 2.89. The van der Waals surface area contributed by atoms with Gasteiger partial charge in [0.2, 0.25) is 5.91 Å². The van der Waals surface area contributed by atoms with E-state index in [9.17, 15) is 9.18 Å². The van der Waals surface area contributed by atoms with Crippen molar-refractivity contribution in [1.29, 1.82) is 0 Å². The van der Waals surface area contributed by atoms with E-state index < -0.39 is 0 Å². The van der Waals surface area contributed by atoms with Crippen molar-refractivity contribution in [3.63, 3.8) is 0 Å². The molecule has 2 N–H and O–H groups in total. The molecule has 19 heavy (non-hydrogen) atoms. The van der Waals surface area contributed by atoms with Gasteiger partial charge in [0.1, 0.15) is 5.82 Å². The average molecular weight is 265 g/mol. The summed E-state index contributed by atoms with van der Waals surface area (Å²) in [5.41, 5.74) is 0.505. The van der Waals surface area contributed by atoms with Gasteiger partial charge in [-0.05, 0) is 37.7 Å². The predicted molar refractivity (Wildman–Crippen MR) is 73.6 cm³/mol. The minimum absolute atomic E-state index is 0.0978. The van der Waals surface area contributed by atoms with Crippen molar-refractivity contribution in [1.82, 2.24) is 10.2 Å². The van der Waals surface area contributed by atoms with E-state index in [1.165, 1.54) is 12.1 Å². The summed E-state index contributed by atoms with van der Waals surface area (Å²) in [4.78, 5) is 14.1. The van der Waals surface area contributed by atoms with Crippen molar-refractivity contribution in [2.45, 2.75) is 19.4 Å².